The van der Waals surface area contributed by atoms with Gasteiger partial charge in [-0.25, -0.2) is 4.79 Å². The number of phenols is 1. The highest BCUT2D eigenvalue weighted by molar-refractivity contribution is 5.75. The molecule has 2 aromatic rings. The van der Waals surface area contributed by atoms with Crippen molar-refractivity contribution < 1.29 is 9.90 Å². The van der Waals surface area contributed by atoms with Crippen molar-refractivity contribution in [1.82, 2.24) is 24.6 Å². The largest absolute Gasteiger partial charge is 0.508 e. The smallest absolute Gasteiger partial charge is 0.320 e. The zero-order chi connectivity index (χ0) is 19.7. The number of aromatic hydroxyl groups is 1. The zero-order valence-corrected chi connectivity index (χ0v) is 16.7. The van der Waals surface area contributed by atoms with E-state index in [0.29, 0.717) is 25.3 Å². The Morgan fingerprint density at radius 3 is 2.86 bits per heavy atom. The predicted octanol–water partition coefficient (Wildman–Crippen LogP) is 2.53. The number of likely N-dealkylation sites (tertiary alicyclic amines) is 1. The van der Waals surface area contributed by atoms with E-state index in [2.05, 4.69) is 37.0 Å². The average molecular weight is 381 g/mol. The van der Waals surface area contributed by atoms with Crippen molar-refractivity contribution in [1.29, 1.82) is 0 Å². The lowest BCUT2D eigenvalue weighted by Crippen LogP contribution is -2.66. The average Bonchev–Trinajstić information content (AvgIpc) is 3.12. The van der Waals surface area contributed by atoms with Gasteiger partial charge in [-0.3, -0.25) is 0 Å². The quantitative estimate of drug-likeness (QED) is 0.761. The maximum atomic E-state index is 13.5. The summed E-state index contributed by atoms with van der Waals surface area (Å²) in [5.41, 5.74) is 2.09. The Morgan fingerprint density at radius 1 is 1.21 bits per heavy atom. The topological polar surface area (TPSA) is 74.5 Å². The molecule has 2 atom stereocenters. The summed E-state index contributed by atoms with van der Waals surface area (Å²) in [5, 5.41) is 18.6. The second kappa shape index (κ2) is 5.72. The highest BCUT2D eigenvalue weighted by Crippen LogP contribution is 2.57. The van der Waals surface area contributed by atoms with E-state index in [0.717, 1.165) is 30.9 Å². The van der Waals surface area contributed by atoms with Crippen LogP contribution in [0.4, 0.5) is 4.79 Å². The highest BCUT2D eigenvalue weighted by atomic mass is 16.3. The normalized spacial score (nSPS) is 27.9. The van der Waals surface area contributed by atoms with Crippen LogP contribution < -0.4 is 0 Å². The van der Waals surface area contributed by atoms with E-state index in [1.807, 2.05) is 20.4 Å². The van der Waals surface area contributed by atoms with Crippen LogP contribution >= 0.6 is 0 Å². The summed E-state index contributed by atoms with van der Waals surface area (Å²) in [6.07, 6.45) is 3.32. The zero-order valence-electron chi connectivity index (χ0n) is 16.7. The van der Waals surface area contributed by atoms with E-state index in [1.165, 1.54) is 5.56 Å². The third-order valence-electron chi connectivity index (χ3n) is 7.78. The van der Waals surface area contributed by atoms with Gasteiger partial charge in [-0.05, 0) is 35.4 Å². The summed E-state index contributed by atoms with van der Waals surface area (Å²) in [4.78, 5) is 17.4. The molecule has 0 unspecified atom stereocenters. The first-order valence-corrected chi connectivity index (χ1v) is 10.1. The first kappa shape index (κ1) is 17.5. The Hall–Kier alpha value is -2.57. The minimum absolute atomic E-state index is 0.0550. The van der Waals surface area contributed by atoms with Crippen molar-refractivity contribution in [2.75, 3.05) is 13.1 Å². The van der Waals surface area contributed by atoms with Crippen LogP contribution in [0.15, 0.2) is 24.5 Å². The third-order valence-corrected chi connectivity index (χ3v) is 7.78. The Labute approximate surface area is 165 Å². The van der Waals surface area contributed by atoms with Crippen molar-refractivity contribution in [3.8, 4) is 5.75 Å². The molecule has 0 radical (unpaired) electrons. The van der Waals surface area contributed by atoms with Gasteiger partial charge in [-0.15, -0.1) is 10.2 Å². The summed E-state index contributed by atoms with van der Waals surface area (Å²) in [5.74, 6) is 1.19. The van der Waals surface area contributed by atoms with Gasteiger partial charge in [-0.2, -0.15) is 0 Å². The number of hydrogen-bond acceptors (Lipinski definition) is 4. The maximum Gasteiger partial charge on any atom is 0.320 e. The third kappa shape index (κ3) is 2.19. The van der Waals surface area contributed by atoms with E-state index in [4.69, 9.17) is 0 Å². The van der Waals surface area contributed by atoms with E-state index in [1.54, 1.807) is 12.4 Å². The number of aromatic nitrogens is 3. The Balaban J connectivity index is 1.49. The number of carbonyl (C=O) groups is 1. The molecule has 28 heavy (non-hydrogen) atoms. The minimum atomic E-state index is -0.0858. The first-order chi connectivity index (χ1) is 13.3. The molecule has 1 saturated heterocycles. The lowest BCUT2D eigenvalue weighted by molar-refractivity contribution is -0.0253. The molecule has 2 bridgehead atoms. The maximum absolute atomic E-state index is 13.5. The van der Waals surface area contributed by atoms with Gasteiger partial charge in [0, 0.05) is 31.1 Å². The SMILES string of the molecule is CC1(C)[C@H]2Cc3c(O)cccc3[C@]1(C)CCN2C(=O)N1CCn2cnnc2C1. The molecule has 148 valence electrons. The fourth-order valence-electron chi connectivity index (χ4n) is 5.57. The van der Waals surface area contributed by atoms with Crippen LogP contribution in [-0.2, 0) is 24.9 Å². The number of piperidine rings is 1. The molecule has 0 saturated carbocycles. The monoisotopic (exact) mass is 381 g/mol. The van der Waals surface area contributed by atoms with Crippen LogP contribution in [0.25, 0.3) is 0 Å². The molecule has 1 N–H and O–H groups in total. The van der Waals surface area contributed by atoms with E-state index < -0.39 is 0 Å². The van der Waals surface area contributed by atoms with Gasteiger partial charge >= 0.3 is 6.03 Å². The van der Waals surface area contributed by atoms with E-state index in [9.17, 15) is 9.90 Å². The molecule has 3 heterocycles. The summed E-state index contributed by atoms with van der Waals surface area (Å²) in [6, 6.07) is 5.99. The summed E-state index contributed by atoms with van der Waals surface area (Å²) in [7, 11) is 0. The van der Waals surface area contributed by atoms with Crippen LogP contribution in [0.5, 0.6) is 5.75 Å². The van der Waals surface area contributed by atoms with Crippen LogP contribution in [-0.4, -0.2) is 54.8 Å². The number of carbonyl (C=O) groups excluding carboxylic acids is 1. The van der Waals surface area contributed by atoms with Gasteiger partial charge in [0.1, 0.15) is 12.1 Å². The highest BCUT2D eigenvalue weighted by Gasteiger charge is 2.57. The Morgan fingerprint density at radius 2 is 2.04 bits per heavy atom. The molecule has 0 spiro atoms. The number of phenolic OH excluding ortho intramolecular Hbond substituents is 1. The van der Waals surface area contributed by atoms with Crippen LogP contribution in [0, 0.1) is 5.41 Å². The number of rotatable bonds is 0. The molecule has 1 aromatic heterocycles. The van der Waals surface area contributed by atoms with Gasteiger partial charge in [-0.1, -0.05) is 32.9 Å². The van der Waals surface area contributed by atoms with E-state index >= 15 is 0 Å². The van der Waals surface area contributed by atoms with E-state index in [-0.39, 0.29) is 22.9 Å². The standard InChI is InChI=1S/C21H27N5O2/c1-20(2)17-11-14-15(5-4-6-16(14)27)21(20,3)7-8-26(17)19(28)24-9-10-25-13-22-23-18(25)12-24/h4-6,13,17,27H,7-12H2,1-3H3/t17-,21+/m1/s1. The first-order valence-electron chi connectivity index (χ1n) is 10.1. The fraction of sp³-hybridized carbons (Fsp3) is 0.571. The number of urea groups is 1. The molecule has 5 rings (SSSR count). The Bertz CT molecular complexity index is 952. The van der Waals surface area contributed by atoms with Crippen molar-refractivity contribution >= 4 is 6.03 Å². The van der Waals surface area contributed by atoms with Gasteiger partial charge in [0.2, 0.25) is 0 Å². The molecule has 2 aliphatic heterocycles. The molecular formula is C21H27N5O2. The number of nitrogens with zero attached hydrogens (tertiary/aromatic N) is 5. The summed E-state index contributed by atoms with van der Waals surface area (Å²) in [6.45, 7) is 9.49. The lowest BCUT2D eigenvalue weighted by atomic mass is 9.51. The second-order valence-corrected chi connectivity index (χ2v) is 9.17. The van der Waals surface area contributed by atoms with Crippen molar-refractivity contribution in [3.05, 3.63) is 41.5 Å². The van der Waals surface area contributed by atoms with Gasteiger partial charge in [0.15, 0.2) is 5.82 Å². The molecule has 1 fully saturated rings. The minimum Gasteiger partial charge on any atom is -0.508 e. The molecular weight excluding hydrogens is 354 g/mol. The number of amides is 2. The molecule has 1 aliphatic carbocycles. The lowest BCUT2D eigenvalue weighted by Gasteiger charge is -2.61. The summed E-state index contributed by atoms with van der Waals surface area (Å²) < 4.78 is 2.01. The van der Waals surface area contributed by atoms with Crippen molar-refractivity contribution in [2.45, 2.75) is 58.2 Å². The fourth-order valence-corrected chi connectivity index (χ4v) is 5.57. The van der Waals surface area contributed by atoms with Crippen molar-refractivity contribution in [3.63, 3.8) is 0 Å². The molecule has 7 nitrogen and oxygen atoms in total. The molecule has 7 heteroatoms. The molecule has 3 aliphatic rings. The summed E-state index contributed by atoms with van der Waals surface area (Å²) >= 11 is 0. The Kier molecular flexibility index (Phi) is 3.58. The number of hydrogen-bond donors (Lipinski definition) is 1. The second-order valence-electron chi connectivity index (χ2n) is 9.17. The van der Waals surface area contributed by atoms with Crippen LogP contribution in [0.3, 0.4) is 0 Å². The predicted molar refractivity (Wildman–Crippen MR) is 104 cm³/mol. The number of benzene rings is 1. The number of fused-ring (bicyclic) bond motifs is 5. The van der Waals surface area contributed by atoms with Gasteiger partial charge in [0.05, 0.1) is 6.54 Å². The van der Waals surface area contributed by atoms with Gasteiger partial charge in [0.25, 0.3) is 0 Å². The molecule has 1 aromatic carbocycles. The van der Waals surface area contributed by atoms with Gasteiger partial charge < -0.3 is 19.5 Å². The van der Waals surface area contributed by atoms with Crippen LogP contribution in [0.1, 0.15) is 44.1 Å². The molecule has 2 amide bonds. The van der Waals surface area contributed by atoms with Crippen LogP contribution in [0.2, 0.25) is 0 Å². The van der Waals surface area contributed by atoms with Crippen molar-refractivity contribution in [2.24, 2.45) is 5.41 Å².